The summed E-state index contributed by atoms with van der Waals surface area (Å²) < 4.78 is 4.99. The first-order chi connectivity index (χ1) is 9.50. The van der Waals surface area contributed by atoms with Gasteiger partial charge in [-0.2, -0.15) is 0 Å². The number of halogens is 1. The molecule has 0 aromatic carbocycles. The number of methoxy groups -OCH3 is 1. The molecule has 0 spiro atoms. The number of hydrogen-bond donors (Lipinski definition) is 0. The van der Waals surface area contributed by atoms with E-state index in [0.717, 1.165) is 50.0 Å². The molecule has 1 aromatic heterocycles. The molecule has 0 unspecified atom stereocenters. The van der Waals surface area contributed by atoms with Crippen molar-refractivity contribution in [3.63, 3.8) is 0 Å². The van der Waals surface area contributed by atoms with Crippen molar-refractivity contribution in [1.29, 1.82) is 0 Å². The van der Waals surface area contributed by atoms with E-state index in [-0.39, 0.29) is 16.8 Å². The lowest BCUT2D eigenvalue weighted by Gasteiger charge is -2.50. The van der Waals surface area contributed by atoms with E-state index in [1.54, 1.807) is 6.07 Å². The normalized spacial score (nSPS) is 32.1. The second-order valence-electron chi connectivity index (χ2n) is 6.21. The van der Waals surface area contributed by atoms with Crippen molar-refractivity contribution in [3.8, 4) is 0 Å². The number of ether oxygens (including phenoxy) is 1. The molecule has 1 heterocycles. The highest BCUT2D eigenvalue weighted by Gasteiger charge is 2.54. The Morgan fingerprint density at radius 1 is 1.20 bits per heavy atom. The molecule has 3 fully saturated rings. The van der Waals surface area contributed by atoms with E-state index in [1.165, 1.54) is 7.11 Å². The third-order valence-corrected chi connectivity index (χ3v) is 5.36. The molecular formula is C15H19ClN2O2. The van der Waals surface area contributed by atoms with Gasteiger partial charge in [0.25, 0.3) is 0 Å². The van der Waals surface area contributed by atoms with Crippen molar-refractivity contribution in [2.75, 3.05) is 7.11 Å². The summed E-state index contributed by atoms with van der Waals surface area (Å²) in [5, 5.41) is 0.511. The van der Waals surface area contributed by atoms with Gasteiger partial charge in [0, 0.05) is 11.1 Å². The fourth-order valence-corrected chi connectivity index (χ4v) is 4.05. The molecule has 0 amide bonds. The number of nitrogens with zero attached hydrogens (tertiary/aromatic N) is 2. The quantitative estimate of drug-likeness (QED) is 0.621. The number of aromatic nitrogens is 2. The second-order valence-corrected chi connectivity index (χ2v) is 6.60. The van der Waals surface area contributed by atoms with Gasteiger partial charge >= 0.3 is 5.97 Å². The van der Waals surface area contributed by atoms with Gasteiger partial charge in [0.05, 0.1) is 12.5 Å². The monoisotopic (exact) mass is 294 g/mol. The van der Waals surface area contributed by atoms with Crippen LogP contribution in [0, 0.1) is 12.3 Å². The summed E-state index contributed by atoms with van der Waals surface area (Å²) in [5.41, 5.74) is 0.653. The summed E-state index contributed by atoms with van der Waals surface area (Å²) in [6, 6.07) is 1.78. The van der Waals surface area contributed by atoms with Crippen LogP contribution in [0.2, 0.25) is 5.15 Å². The molecule has 0 aliphatic heterocycles. The first-order valence-electron chi connectivity index (χ1n) is 7.10. The summed E-state index contributed by atoms with van der Waals surface area (Å²) in [5.74, 6) is 0.814. The Balaban J connectivity index is 1.90. The zero-order chi connectivity index (χ0) is 14.4. The molecule has 20 heavy (non-hydrogen) atoms. The van der Waals surface area contributed by atoms with Crippen LogP contribution < -0.4 is 0 Å². The maximum atomic E-state index is 12.0. The maximum absolute atomic E-state index is 12.0. The molecule has 0 radical (unpaired) electrons. The fraction of sp³-hybridized carbons (Fsp3) is 0.667. The molecular weight excluding hydrogens is 276 g/mol. The summed E-state index contributed by atoms with van der Waals surface area (Å²) in [6.45, 7) is 1.94. The van der Waals surface area contributed by atoms with Gasteiger partial charge in [0.15, 0.2) is 0 Å². The van der Waals surface area contributed by atoms with Crippen LogP contribution in [0.15, 0.2) is 6.07 Å². The average Bonchev–Trinajstić information content (AvgIpc) is 2.47. The van der Waals surface area contributed by atoms with Crippen LogP contribution in [-0.2, 0) is 14.9 Å². The van der Waals surface area contributed by atoms with Gasteiger partial charge in [0.1, 0.15) is 11.0 Å². The van der Waals surface area contributed by atoms with Gasteiger partial charge in [0.2, 0.25) is 0 Å². The number of fused-ring (bicyclic) bond motifs is 3. The van der Waals surface area contributed by atoms with Crippen molar-refractivity contribution >= 4 is 17.6 Å². The minimum atomic E-state index is -0.260. The molecule has 1 aromatic rings. The van der Waals surface area contributed by atoms with E-state index in [4.69, 9.17) is 16.3 Å². The van der Waals surface area contributed by atoms with Gasteiger partial charge in [-0.25, -0.2) is 9.97 Å². The first-order valence-corrected chi connectivity index (χ1v) is 7.48. The van der Waals surface area contributed by atoms with Crippen LogP contribution >= 0.6 is 11.6 Å². The molecule has 5 heteroatoms. The van der Waals surface area contributed by atoms with E-state index >= 15 is 0 Å². The number of carbonyl (C=O) groups is 1. The molecule has 2 bridgehead atoms. The van der Waals surface area contributed by atoms with Gasteiger partial charge in [-0.15, -0.1) is 0 Å². The van der Waals surface area contributed by atoms with E-state index in [1.807, 2.05) is 6.92 Å². The minimum absolute atomic E-state index is 0.00539. The Bertz CT molecular complexity index is 514. The number of esters is 1. The molecule has 0 N–H and O–H groups in total. The molecule has 0 atom stereocenters. The van der Waals surface area contributed by atoms with Crippen molar-refractivity contribution in [2.45, 2.75) is 50.9 Å². The average molecular weight is 295 g/mol. The molecule has 3 aliphatic rings. The minimum Gasteiger partial charge on any atom is -0.469 e. The van der Waals surface area contributed by atoms with Crippen molar-refractivity contribution in [3.05, 3.63) is 22.7 Å². The van der Waals surface area contributed by atoms with E-state index in [0.29, 0.717) is 5.15 Å². The Kier molecular flexibility index (Phi) is 3.24. The van der Waals surface area contributed by atoms with Gasteiger partial charge in [-0.1, -0.05) is 11.6 Å². The van der Waals surface area contributed by atoms with Crippen LogP contribution in [0.25, 0.3) is 0 Å². The topological polar surface area (TPSA) is 52.1 Å². The molecule has 4 rings (SSSR count). The van der Waals surface area contributed by atoms with E-state index < -0.39 is 0 Å². The highest BCUT2D eigenvalue weighted by molar-refractivity contribution is 6.29. The zero-order valence-electron chi connectivity index (χ0n) is 11.9. The third-order valence-electron chi connectivity index (χ3n) is 5.16. The third kappa shape index (κ3) is 2.01. The zero-order valence-corrected chi connectivity index (χ0v) is 12.7. The fourth-order valence-electron chi connectivity index (χ4n) is 3.81. The predicted molar refractivity (Wildman–Crippen MR) is 75.6 cm³/mol. The van der Waals surface area contributed by atoms with Crippen molar-refractivity contribution < 1.29 is 9.53 Å². The number of rotatable bonds is 2. The highest BCUT2D eigenvalue weighted by atomic mass is 35.5. The summed E-state index contributed by atoms with van der Waals surface area (Å²) in [7, 11) is 1.48. The van der Waals surface area contributed by atoms with Crippen LogP contribution in [0.5, 0.6) is 0 Å². The molecule has 3 saturated carbocycles. The maximum Gasteiger partial charge on any atom is 0.311 e. The standard InChI is InChI=1S/C15H19ClN2O2/c1-10-9-11(16)18-12(17-10)14-3-6-15(7-4-14,8-5-14)13(19)20-2/h9H,3-8H2,1-2H3. The Morgan fingerprint density at radius 2 is 1.80 bits per heavy atom. The van der Waals surface area contributed by atoms with Crippen molar-refractivity contribution in [2.24, 2.45) is 5.41 Å². The molecule has 3 aliphatic carbocycles. The Morgan fingerprint density at radius 3 is 2.30 bits per heavy atom. The first kappa shape index (κ1) is 13.8. The van der Waals surface area contributed by atoms with Crippen LogP contribution in [-0.4, -0.2) is 23.0 Å². The van der Waals surface area contributed by atoms with E-state index in [2.05, 4.69) is 9.97 Å². The Labute approximate surface area is 123 Å². The largest absolute Gasteiger partial charge is 0.469 e. The van der Waals surface area contributed by atoms with Gasteiger partial charge in [-0.05, 0) is 51.5 Å². The van der Waals surface area contributed by atoms with Crippen LogP contribution in [0.3, 0.4) is 0 Å². The SMILES string of the molecule is COC(=O)C12CCC(c3nc(C)cc(Cl)n3)(CC1)CC2. The lowest BCUT2D eigenvalue weighted by molar-refractivity contribution is -0.160. The van der Waals surface area contributed by atoms with Crippen LogP contribution in [0.4, 0.5) is 0 Å². The number of aryl methyl sites for hydroxylation is 1. The predicted octanol–water partition coefficient (Wildman–Crippen LogP) is 3.20. The highest BCUT2D eigenvalue weighted by Crippen LogP contribution is 2.57. The lowest BCUT2D eigenvalue weighted by Crippen LogP contribution is -2.49. The summed E-state index contributed by atoms with van der Waals surface area (Å²) in [6.07, 6.45) is 5.45. The Hall–Kier alpha value is -1.16. The number of carbonyl (C=O) groups excluding carboxylic acids is 1. The van der Waals surface area contributed by atoms with Crippen LogP contribution in [0.1, 0.15) is 50.0 Å². The number of hydrogen-bond acceptors (Lipinski definition) is 4. The van der Waals surface area contributed by atoms with Crippen molar-refractivity contribution in [1.82, 2.24) is 9.97 Å². The van der Waals surface area contributed by atoms with Gasteiger partial charge in [-0.3, -0.25) is 4.79 Å². The van der Waals surface area contributed by atoms with E-state index in [9.17, 15) is 4.79 Å². The lowest BCUT2D eigenvalue weighted by atomic mass is 9.53. The molecule has 4 nitrogen and oxygen atoms in total. The summed E-state index contributed by atoms with van der Waals surface area (Å²) in [4.78, 5) is 21.1. The second kappa shape index (κ2) is 4.69. The van der Waals surface area contributed by atoms with Gasteiger partial charge < -0.3 is 4.74 Å². The molecule has 0 saturated heterocycles. The smallest absolute Gasteiger partial charge is 0.311 e. The summed E-state index contributed by atoms with van der Waals surface area (Å²) >= 11 is 6.08. The molecule has 108 valence electrons.